The standard InChI is InChI=1S/C25H25ClN2O4S/c1-3-16-28(21-10-6-4-7-11-21)33(30,31)24-19-20(14-15-23(24)26)25(29)27(2)17-18-32-22-12-8-5-9-13-22/h3-15,19H,1,16-18H2,2H3. The highest BCUT2D eigenvalue weighted by molar-refractivity contribution is 7.93. The van der Waals surface area contributed by atoms with Crippen molar-refractivity contribution < 1.29 is 17.9 Å². The van der Waals surface area contributed by atoms with Gasteiger partial charge >= 0.3 is 0 Å². The van der Waals surface area contributed by atoms with Crippen LogP contribution in [-0.2, 0) is 10.0 Å². The van der Waals surface area contributed by atoms with Crippen molar-refractivity contribution >= 4 is 33.2 Å². The van der Waals surface area contributed by atoms with E-state index in [4.69, 9.17) is 16.3 Å². The van der Waals surface area contributed by atoms with Crippen LogP contribution in [0.25, 0.3) is 0 Å². The fraction of sp³-hybridized carbons (Fsp3) is 0.160. The lowest BCUT2D eigenvalue weighted by Gasteiger charge is -2.24. The quantitative estimate of drug-likeness (QED) is 0.385. The van der Waals surface area contributed by atoms with Crippen molar-refractivity contribution in [2.75, 3.05) is 31.0 Å². The number of para-hydroxylation sites is 2. The normalized spacial score (nSPS) is 11.0. The molecule has 0 aliphatic heterocycles. The molecule has 6 nitrogen and oxygen atoms in total. The number of rotatable bonds is 10. The third-order valence-electron chi connectivity index (χ3n) is 4.87. The first-order valence-electron chi connectivity index (χ1n) is 10.3. The van der Waals surface area contributed by atoms with Crippen LogP contribution in [0.4, 0.5) is 5.69 Å². The van der Waals surface area contributed by atoms with Crippen molar-refractivity contribution in [1.29, 1.82) is 0 Å². The summed E-state index contributed by atoms with van der Waals surface area (Å²) in [7, 11) is -2.41. The molecule has 0 aliphatic carbocycles. The van der Waals surface area contributed by atoms with Crippen LogP contribution in [0.5, 0.6) is 5.75 Å². The van der Waals surface area contributed by atoms with Gasteiger partial charge in [-0.1, -0.05) is 54.1 Å². The van der Waals surface area contributed by atoms with E-state index in [0.717, 1.165) is 0 Å². The van der Waals surface area contributed by atoms with E-state index in [1.807, 2.05) is 30.3 Å². The van der Waals surface area contributed by atoms with Gasteiger partial charge in [-0.25, -0.2) is 8.42 Å². The minimum absolute atomic E-state index is 0.0339. The molecule has 0 bridgehead atoms. The van der Waals surface area contributed by atoms with Gasteiger partial charge in [0.25, 0.3) is 15.9 Å². The zero-order valence-electron chi connectivity index (χ0n) is 18.2. The number of anilines is 1. The summed E-state index contributed by atoms with van der Waals surface area (Å²) in [5, 5.41) is 0.0339. The van der Waals surface area contributed by atoms with Crippen LogP contribution in [0, 0.1) is 0 Å². The van der Waals surface area contributed by atoms with E-state index in [-0.39, 0.29) is 27.9 Å². The van der Waals surface area contributed by atoms with Crippen LogP contribution >= 0.6 is 11.6 Å². The Kier molecular flexibility index (Phi) is 8.14. The summed E-state index contributed by atoms with van der Waals surface area (Å²) in [5.74, 6) is 0.371. The Labute approximate surface area is 199 Å². The lowest BCUT2D eigenvalue weighted by molar-refractivity contribution is 0.0773. The van der Waals surface area contributed by atoms with E-state index in [9.17, 15) is 13.2 Å². The van der Waals surface area contributed by atoms with E-state index in [2.05, 4.69) is 6.58 Å². The van der Waals surface area contributed by atoms with Crippen LogP contribution in [0.15, 0.2) is 96.4 Å². The Morgan fingerprint density at radius 2 is 1.67 bits per heavy atom. The van der Waals surface area contributed by atoms with Crippen molar-refractivity contribution in [2.45, 2.75) is 4.90 Å². The van der Waals surface area contributed by atoms with Gasteiger partial charge in [-0.2, -0.15) is 0 Å². The molecule has 0 spiro atoms. The Balaban J connectivity index is 1.81. The minimum atomic E-state index is -4.05. The number of benzene rings is 3. The van der Waals surface area contributed by atoms with Gasteiger partial charge in [0.15, 0.2) is 0 Å². The predicted octanol–water partition coefficient (Wildman–Crippen LogP) is 4.87. The third-order valence-corrected chi connectivity index (χ3v) is 7.15. The maximum absolute atomic E-state index is 13.5. The highest BCUT2D eigenvalue weighted by atomic mass is 35.5. The second-order valence-electron chi connectivity index (χ2n) is 7.19. The Morgan fingerprint density at radius 3 is 2.30 bits per heavy atom. The molecule has 172 valence electrons. The van der Waals surface area contributed by atoms with Gasteiger partial charge in [-0.15, -0.1) is 6.58 Å². The Hall–Kier alpha value is -3.29. The van der Waals surface area contributed by atoms with Gasteiger partial charge in [0.2, 0.25) is 0 Å². The van der Waals surface area contributed by atoms with Crippen LogP contribution in [0.3, 0.4) is 0 Å². The fourth-order valence-corrected chi connectivity index (χ4v) is 5.08. The summed E-state index contributed by atoms with van der Waals surface area (Å²) in [5.41, 5.74) is 0.687. The van der Waals surface area contributed by atoms with Gasteiger partial charge in [0.05, 0.1) is 23.8 Å². The molecule has 0 radical (unpaired) electrons. The smallest absolute Gasteiger partial charge is 0.266 e. The number of carbonyl (C=O) groups excluding carboxylic acids is 1. The van der Waals surface area contributed by atoms with E-state index < -0.39 is 10.0 Å². The van der Waals surface area contributed by atoms with Crippen molar-refractivity contribution in [3.8, 4) is 5.75 Å². The lowest BCUT2D eigenvalue weighted by Crippen LogP contribution is -2.33. The van der Waals surface area contributed by atoms with Crippen molar-refractivity contribution in [3.05, 3.63) is 102 Å². The molecular formula is C25H25ClN2O4S. The number of halogens is 1. The van der Waals surface area contributed by atoms with E-state index in [1.54, 1.807) is 37.4 Å². The summed E-state index contributed by atoms with van der Waals surface area (Å²) in [4.78, 5) is 14.3. The molecule has 0 aliphatic rings. The van der Waals surface area contributed by atoms with Crippen LogP contribution < -0.4 is 9.04 Å². The summed E-state index contributed by atoms with van der Waals surface area (Å²) in [6.07, 6.45) is 1.49. The van der Waals surface area contributed by atoms with Crippen molar-refractivity contribution in [3.63, 3.8) is 0 Å². The molecule has 3 aromatic carbocycles. The largest absolute Gasteiger partial charge is 0.492 e. The molecule has 0 atom stereocenters. The fourth-order valence-electron chi connectivity index (χ4n) is 3.15. The second-order valence-corrected chi connectivity index (χ2v) is 9.43. The van der Waals surface area contributed by atoms with Gasteiger partial charge in [0.1, 0.15) is 17.3 Å². The summed E-state index contributed by atoms with van der Waals surface area (Å²) in [6, 6.07) is 22.2. The monoisotopic (exact) mass is 484 g/mol. The number of amides is 1. The zero-order chi connectivity index (χ0) is 23.8. The molecule has 0 heterocycles. The van der Waals surface area contributed by atoms with Gasteiger partial charge in [0, 0.05) is 12.6 Å². The first-order valence-corrected chi connectivity index (χ1v) is 12.1. The Morgan fingerprint density at radius 1 is 1.03 bits per heavy atom. The first kappa shape index (κ1) is 24.4. The molecule has 0 aromatic heterocycles. The molecule has 0 saturated carbocycles. The molecule has 8 heteroatoms. The number of hydrogen-bond donors (Lipinski definition) is 0. The maximum Gasteiger partial charge on any atom is 0.266 e. The zero-order valence-corrected chi connectivity index (χ0v) is 19.8. The summed E-state index contributed by atoms with van der Waals surface area (Å²) >= 11 is 6.27. The molecule has 33 heavy (non-hydrogen) atoms. The minimum Gasteiger partial charge on any atom is -0.492 e. The number of sulfonamides is 1. The number of nitrogens with zero attached hydrogens (tertiary/aromatic N) is 2. The molecule has 0 saturated heterocycles. The number of likely N-dealkylation sites (N-methyl/N-ethyl adjacent to an activating group) is 1. The highest BCUT2D eigenvalue weighted by Gasteiger charge is 2.28. The van der Waals surface area contributed by atoms with E-state index in [1.165, 1.54) is 33.5 Å². The highest BCUT2D eigenvalue weighted by Crippen LogP contribution is 2.29. The third kappa shape index (κ3) is 5.94. The predicted molar refractivity (Wildman–Crippen MR) is 132 cm³/mol. The van der Waals surface area contributed by atoms with Crippen LogP contribution in [0.1, 0.15) is 10.4 Å². The second kappa shape index (κ2) is 11.0. The molecule has 0 unspecified atom stereocenters. The molecular weight excluding hydrogens is 460 g/mol. The van der Waals surface area contributed by atoms with E-state index in [0.29, 0.717) is 24.6 Å². The summed E-state index contributed by atoms with van der Waals surface area (Å²) < 4.78 is 33.8. The van der Waals surface area contributed by atoms with Gasteiger partial charge in [-0.05, 0) is 42.5 Å². The number of hydrogen-bond acceptors (Lipinski definition) is 4. The lowest BCUT2D eigenvalue weighted by atomic mass is 10.2. The van der Waals surface area contributed by atoms with Gasteiger partial charge in [-0.3, -0.25) is 9.10 Å². The molecule has 3 rings (SSSR count). The topological polar surface area (TPSA) is 66.9 Å². The maximum atomic E-state index is 13.5. The van der Waals surface area contributed by atoms with E-state index >= 15 is 0 Å². The average molecular weight is 485 g/mol. The first-order chi connectivity index (χ1) is 15.8. The van der Waals surface area contributed by atoms with Gasteiger partial charge < -0.3 is 9.64 Å². The molecule has 3 aromatic rings. The number of ether oxygens (including phenoxy) is 1. The average Bonchev–Trinajstić information content (AvgIpc) is 2.83. The van der Waals surface area contributed by atoms with Crippen LogP contribution in [-0.4, -0.2) is 46.0 Å². The summed E-state index contributed by atoms with van der Waals surface area (Å²) in [6.45, 7) is 4.34. The van der Waals surface area contributed by atoms with Crippen molar-refractivity contribution in [2.24, 2.45) is 0 Å². The molecule has 0 N–H and O–H groups in total. The molecule has 0 fully saturated rings. The number of carbonyl (C=O) groups is 1. The van der Waals surface area contributed by atoms with Crippen molar-refractivity contribution in [1.82, 2.24) is 4.90 Å². The molecule has 1 amide bonds. The Bertz CT molecular complexity index is 1200. The van der Waals surface area contributed by atoms with Crippen LogP contribution in [0.2, 0.25) is 5.02 Å². The SMILES string of the molecule is C=CCN(c1ccccc1)S(=O)(=O)c1cc(C(=O)N(C)CCOc2ccccc2)ccc1Cl.